The lowest BCUT2D eigenvalue weighted by atomic mass is 9.81. The van der Waals surface area contributed by atoms with Gasteiger partial charge in [0, 0.05) is 18.7 Å². The van der Waals surface area contributed by atoms with Gasteiger partial charge in [-0.25, -0.2) is 0 Å². The average Bonchev–Trinajstić information content (AvgIpc) is 2.52. The Bertz CT molecular complexity index is 684. The molecule has 1 aromatic heterocycles. The zero-order valence-electron chi connectivity index (χ0n) is 14.3. The SMILES string of the molecule is Cc1ccc(C(C)(C)CC(=O)NCCOc2cncc(Cl)c2)cc1. The molecule has 4 nitrogen and oxygen atoms in total. The fourth-order valence-corrected chi connectivity index (χ4v) is 2.57. The Hall–Kier alpha value is -2.07. The maximum Gasteiger partial charge on any atom is 0.220 e. The number of hydrogen-bond acceptors (Lipinski definition) is 3. The molecule has 1 heterocycles. The minimum Gasteiger partial charge on any atom is -0.490 e. The number of rotatable bonds is 7. The van der Waals surface area contributed by atoms with Crippen molar-refractivity contribution < 1.29 is 9.53 Å². The highest BCUT2D eigenvalue weighted by Gasteiger charge is 2.23. The summed E-state index contributed by atoms with van der Waals surface area (Å²) in [7, 11) is 0. The minimum absolute atomic E-state index is 0.00777. The predicted molar refractivity (Wildman–Crippen MR) is 96.6 cm³/mol. The molecule has 0 aliphatic heterocycles. The number of carbonyl (C=O) groups excluding carboxylic acids is 1. The van der Waals surface area contributed by atoms with Crippen LogP contribution in [-0.4, -0.2) is 24.0 Å². The van der Waals surface area contributed by atoms with E-state index in [1.807, 2.05) is 0 Å². The van der Waals surface area contributed by atoms with E-state index in [4.69, 9.17) is 16.3 Å². The lowest BCUT2D eigenvalue weighted by molar-refractivity contribution is -0.122. The predicted octanol–water partition coefficient (Wildman–Crippen LogP) is 3.91. The van der Waals surface area contributed by atoms with E-state index in [9.17, 15) is 4.79 Å². The number of pyridine rings is 1. The van der Waals surface area contributed by atoms with Crippen molar-refractivity contribution in [2.45, 2.75) is 32.6 Å². The normalized spacial score (nSPS) is 11.2. The van der Waals surface area contributed by atoms with Gasteiger partial charge in [-0.1, -0.05) is 55.3 Å². The number of hydrogen-bond donors (Lipinski definition) is 1. The molecule has 0 fully saturated rings. The third kappa shape index (κ3) is 5.53. The second-order valence-electron chi connectivity index (χ2n) is 6.46. The fraction of sp³-hybridized carbons (Fsp3) is 0.368. The molecule has 0 aliphatic rings. The summed E-state index contributed by atoms with van der Waals surface area (Å²) in [6.45, 7) is 7.02. The van der Waals surface area contributed by atoms with Gasteiger partial charge in [0.25, 0.3) is 0 Å². The van der Waals surface area contributed by atoms with Crippen molar-refractivity contribution in [3.8, 4) is 5.75 Å². The molecule has 24 heavy (non-hydrogen) atoms. The molecule has 5 heteroatoms. The Labute approximate surface area is 148 Å². The van der Waals surface area contributed by atoms with Crippen LogP contribution in [0.1, 0.15) is 31.4 Å². The number of benzene rings is 1. The number of halogens is 1. The van der Waals surface area contributed by atoms with E-state index in [0.717, 1.165) is 5.56 Å². The molecule has 0 unspecified atom stereocenters. The number of ether oxygens (including phenoxy) is 1. The van der Waals surface area contributed by atoms with Gasteiger partial charge >= 0.3 is 0 Å². The van der Waals surface area contributed by atoms with Crippen LogP contribution in [0, 0.1) is 6.92 Å². The molecular formula is C19H23ClN2O2. The molecular weight excluding hydrogens is 324 g/mol. The molecule has 0 aliphatic carbocycles. The van der Waals surface area contributed by atoms with E-state index in [1.165, 1.54) is 5.56 Å². The number of carbonyl (C=O) groups is 1. The summed E-state index contributed by atoms with van der Waals surface area (Å²) in [6, 6.07) is 10.00. The number of amides is 1. The average molecular weight is 347 g/mol. The van der Waals surface area contributed by atoms with Gasteiger partial charge in [-0.05, 0) is 17.9 Å². The zero-order valence-corrected chi connectivity index (χ0v) is 15.1. The first kappa shape index (κ1) is 18.3. The van der Waals surface area contributed by atoms with Gasteiger partial charge in [0.2, 0.25) is 5.91 Å². The van der Waals surface area contributed by atoms with Crippen LogP contribution in [0.4, 0.5) is 0 Å². The van der Waals surface area contributed by atoms with Crippen LogP contribution in [0.15, 0.2) is 42.7 Å². The second-order valence-corrected chi connectivity index (χ2v) is 6.90. The van der Waals surface area contributed by atoms with Crippen molar-refractivity contribution in [2.75, 3.05) is 13.2 Å². The van der Waals surface area contributed by atoms with Gasteiger partial charge in [-0.15, -0.1) is 0 Å². The van der Waals surface area contributed by atoms with Crippen LogP contribution < -0.4 is 10.1 Å². The van der Waals surface area contributed by atoms with Crippen molar-refractivity contribution in [1.82, 2.24) is 10.3 Å². The molecule has 1 amide bonds. The molecule has 0 saturated carbocycles. The molecule has 0 saturated heterocycles. The van der Waals surface area contributed by atoms with Gasteiger partial charge in [-0.3, -0.25) is 9.78 Å². The highest BCUT2D eigenvalue weighted by molar-refractivity contribution is 6.30. The first-order valence-corrected chi connectivity index (χ1v) is 8.32. The molecule has 2 rings (SSSR count). The maximum atomic E-state index is 12.2. The smallest absolute Gasteiger partial charge is 0.220 e. The van der Waals surface area contributed by atoms with Crippen molar-refractivity contribution in [3.05, 3.63) is 58.9 Å². The molecule has 2 aromatic rings. The van der Waals surface area contributed by atoms with Crippen molar-refractivity contribution in [1.29, 1.82) is 0 Å². The first-order chi connectivity index (χ1) is 11.4. The van der Waals surface area contributed by atoms with Crippen LogP contribution >= 0.6 is 11.6 Å². The summed E-state index contributed by atoms with van der Waals surface area (Å²) in [5.74, 6) is 0.602. The van der Waals surface area contributed by atoms with Gasteiger partial charge < -0.3 is 10.1 Å². The summed E-state index contributed by atoms with van der Waals surface area (Å²) in [4.78, 5) is 16.1. The lowest BCUT2D eigenvalue weighted by Gasteiger charge is -2.24. The van der Waals surface area contributed by atoms with Crippen LogP contribution in [0.5, 0.6) is 5.75 Å². The van der Waals surface area contributed by atoms with Crippen LogP contribution in [0.3, 0.4) is 0 Å². The highest BCUT2D eigenvalue weighted by atomic mass is 35.5. The topological polar surface area (TPSA) is 51.2 Å². The Morgan fingerprint density at radius 2 is 1.96 bits per heavy atom. The summed E-state index contributed by atoms with van der Waals surface area (Å²) in [5.41, 5.74) is 2.16. The number of nitrogens with zero attached hydrogens (tertiary/aromatic N) is 1. The number of aromatic nitrogens is 1. The molecule has 0 bridgehead atoms. The molecule has 0 atom stereocenters. The summed E-state index contributed by atoms with van der Waals surface area (Å²) in [6.07, 6.45) is 3.56. The summed E-state index contributed by atoms with van der Waals surface area (Å²) >= 11 is 5.84. The Morgan fingerprint density at radius 1 is 1.25 bits per heavy atom. The second kappa shape index (κ2) is 8.15. The van der Waals surface area contributed by atoms with E-state index in [2.05, 4.69) is 55.3 Å². The standard InChI is InChI=1S/C19H23ClN2O2/c1-14-4-6-15(7-5-14)19(2,3)11-18(23)22-8-9-24-17-10-16(20)12-21-13-17/h4-7,10,12-13H,8-9,11H2,1-3H3,(H,22,23). The van der Waals surface area contributed by atoms with E-state index in [0.29, 0.717) is 30.3 Å². The minimum atomic E-state index is -0.213. The summed E-state index contributed by atoms with van der Waals surface area (Å²) < 4.78 is 5.50. The monoisotopic (exact) mass is 346 g/mol. The highest BCUT2D eigenvalue weighted by Crippen LogP contribution is 2.27. The van der Waals surface area contributed by atoms with E-state index in [1.54, 1.807) is 18.5 Å². The largest absolute Gasteiger partial charge is 0.490 e. The molecule has 1 N–H and O–H groups in total. The van der Waals surface area contributed by atoms with E-state index < -0.39 is 0 Å². The van der Waals surface area contributed by atoms with Crippen molar-refractivity contribution in [2.24, 2.45) is 0 Å². The van der Waals surface area contributed by atoms with Gasteiger partial charge in [0.1, 0.15) is 12.4 Å². The van der Waals surface area contributed by atoms with Gasteiger partial charge in [-0.2, -0.15) is 0 Å². The Morgan fingerprint density at radius 3 is 2.62 bits per heavy atom. The number of nitrogens with one attached hydrogen (secondary N) is 1. The van der Waals surface area contributed by atoms with Crippen molar-refractivity contribution in [3.63, 3.8) is 0 Å². The molecule has 1 aromatic carbocycles. The Balaban J connectivity index is 1.77. The van der Waals surface area contributed by atoms with Crippen LogP contribution in [-0.2, 0) is 10.2 Å². The van der Waals surface area contributed by atoms with Crippen LogP contribution in [0.2, 0.25) is 5.02 Å². The number of aryl methyl sites for hydroxylation is 1. The van der Waals surface area contributed by atoms with Gasteiger partial charge in [0.05, 0.1) is 17.8 Å². The quantitative estimate of drug-likeness (QED) is 0.773. The van der Waals surface area contributed by atoms with Crippen molar-refractivity contribution >= 4 is 17.5 Å². The molecule has 128 valence electrons. The lowest BCUT2D eigenvalue weighted by Crippen LogP contribution is -2.33. The third-order valence-corrected chi connectivity index (χ3v) is 4.01. The zero-order chi connectivity index (χ0) is 17.6. The van der Waals surface area contributed by atoms with E-state index in [-0.39, 0.29) is 11.3 Å². The first-order valence-electron chi connectivity index (χ1n) is 7.94. The molecule has 0 spiro atoms. The fourth-order valence-electron chi connectivity index (χ4n) is 2.40. The molecule has 0 radical (unpaired) electrons. The van der Waals surface area contributed by atoms with Gasteiger partial charge in [0.15, 0.2) is 0 Å². The third-order valence-electron chi connectivity index (χ3n) is 3.81. The Kier molecular flexibility index (Phi) is 6.21. The van der Waals surface area contributed by atoms with E-state index >= 15 is 0 Å². The van der Waals surface area contributed by atoms with Crippen LogP contribution in [0.25, 0.3) is 0 Å². The summed E-state index contributed by atoms with van der Waals surface area (Å²) in [5, 5.41) is 3.41. The maximum absolute atomic E-state index is 12.2.